The highest BCUT2D eigenvalue weighted by molar-refractivity contribution is 7.13. The van der Waals surface area contributed by atoms with Crippen LogP contribution in [0.3, 0.4) is 0 Å². The average molecular weight is 333 g/mol. The smallest absolute Gasteiger partial charge is 0.270 e. The Morgan fingerprint density at radius 1 is 1.41 bits per heavy atom. The normalized spacial score (nSPS) is 19.3. The van der Waals surface area contributed by atoms with E-state index in [1.54, 1.807) is 17.5 Å². The Kier molecular flexibility index (Phi) is 3.10. The highest BCUT2D eigenvalue weighted by atomic mass is 35.5. The van der Waals surface area contributed by atoms with E-state index in [2.05, 4.69) is 18.8 Å². The molecule has 1 aliphatic heterocycles. The van der Waals surface area contributed by atoms with Crippen LogP contribution in [0.15, 0.2) is 24.4 Å². The maximum atomic E-state index is 12.9. The molecule has 1 saturated carbocycles. The molecule has 22 heavy (non-hydrogen) atoms. The van der Waals surface area contributed by atoms with Crippen molar-refractivity contribution in [1.82, 2.24) is 4.98 Å². The summed E-state index contributed by atoms with van der Waals surface area (Å²) in [5.41, 5.74) is 1.87. The minimum Gasteiger partial charge on any atom is -0.306 e. The molecule has 0 saturated heterocycles. The summed E-state index contributed by atoms with van der Waals surface area (Å²) in [7, 11) is 0. The van der Waals surface area contributed by atoms with Gasteiger partial charge in [0, 0.05) is 34.2 Å². The molecule has 0 unspecified atom stereocenters. The molecular weight excluding hydrogens is 316 g/mol. The number of fused-ring (bicyclic) bond motifs is 1. The molecule has 1 amide bonds. The number of aromatic nitrogens is 1. The number of carbonyl (C=O) groups excluding carboxylic acids is 1. The second kappa shape index (κ2) is 4.80. The van der Waals surface area contributed by atoms with Gasteiger partial charge in [-0.1, -0.05) is 31.5 Å². The molecule has 1 aromatic carbocycles. The summed E-state index contributed by atoms with van der Waals surface area (Å²) in [5.74, 6) is 0.627. The number of benzene rings is 1. The van der Waals surface area contributed by atoms with E-state index in [0.717, 1.165) is 26.2 Å². The maximum absolute atomic E-state index is 12.9. The van der Waals surface area contributed by atoms with Gasteiger partial charge >= 0.3 is 0 Å². The average Bonchev–Trinajstić information content (AvgIpc) is 3.13. The number of hydrogen-bond acceptors (Lipinski definition) is 3. The van der Waals surface area contributed by atoms with Gasteiger partial charge in [0.15, 0.2) is 0 Å². The predicted molar refractivity (Wildman–Crippen MR) is 90.2 cm³/mol. The lowest BCUT2D eigenvalue weighted by molar-refractivity contribution is 0.0989. The van der Waals surface area contributed by atoms with E-state index in [1.807, 2.05) is 23.1 Å². The van der Waals surface area contributed by atoms with Crippen LogP contribution in [0, 0.1) is 0 Å². The lowest BCUT2D eigenvalue weighted by Crippen LogP contribution is -2.33. The lowest BCUT2D eigenvalue weighted by atomic mass is 9.87. The van der Waals surface area contributed by atoms with Crippen molar-refractivity contribution in [1.29, 1.82) is 0 Å². The van der Waals surface area contributed by atoms with Gasteiger partial charge in [-0.3, -0.25) is 4.79 Å². The zero-order valence-corrected chi connectivity index (χ0v) is 14.2. The molecule has 114 valence electrons. The van der Waals surface area contributed by atoms with Gasteiger partial charge in [0.05, 0.1) is 11.2 Å². The molecule has 0 radical (unpaired) electrons. The molecule has 0 spiro atoms. The Bertz CT molecular complexity index is 764. The van der Waals surface area contributed by atoms with Crippen LogP contribution in [0.25, 0.3) is 0 Å². The number of hydrogen-bond donors (Lipinski definition) is 0. The highest BCUT2D eigenvalue weighted by Crippen LogP contribution is 2.46. The molecule has 4 rings (SSSR count). The summed E-state index contributed by atoms with van der Waals surface area (Å²) in [5, 5.41) is 1.84. The second-order valence-corrected chi connectivity index (χ2v) is 8.22. The van der Waals surface area contributed by atoms with Gasteiger partial charge in [-0.25, -0.2) is 4.98 Å². The van der Waals surface area contributed by atoms with Crippen LogP contribution >= 0.6 is 22.9 Å². The Morgan fingerprint density at radius 2 is 2.18 bits per heavy atom. The zero-order chi connectivity index (χ0) is 15.5. The summed E-state index contributed by atoms with van der Waals surface area (Å²) in [6.07, 6.45) is 4.14. The van der Waals surface area contributed by atoms with Gasteiger partial charge < -0.3 is 4.90 Å². The standard InChI is InChI=1S/C17H17ClN2OS/c1-17(2)9-20(12-5-3-4-11(18)14(12)17)16(21)13-8-19-15(22-13)10-6-7-10/h3-5,8,10H,6-7,9H2,1-2H3. The summed E-state index contributed by atoms with van der Waals surface area (Å²) >= 11 is 7.92. The first-order valence-electron chi connectivity index (χ1n) is 7.54. The molecular formula is C17H17ClN2OS. The minimum absolute atomic E-state index is 0.0403. The quantitative estimate of drug-likeness (QED) is 0.804. The third-order valence-corrected chi connectivity index (χ3v) is 5.88. The molecule has 0 N–H and O–H groups in total. The van der Waals surface area contributed by atoms with Crippen LogP contribution in [0.1, 0.15) is 52.8 Å². The maximum Gasteiger partial charge on any atom is 0.270 e. The number of rotatable bonds is 2. The van der Waals surface area contributed by atoms with Gasteiger partial charge in [-0.05, 0) is 25.0 Å². The molecule has 0 atom stereocenters. The number of thiazole rings is 1. The summed E-state index contributed by atoms with van der Waals surface area (Å²) < 4.78 is 0. The largest absolute Gasteiger partial charge is 0.306 e. The van der Waals surface area contributed by atoms with Crippen LogP contribution in [0.5, 0.6) is 0 Å². The Labute approximate surface area is 138 Å². The van der Waals surface area contributed by atoms with E-state index in [-0.39, 0.29) is 11.3 Å². The topological polar surface area (TPSA) is 33.2 Å². The molecule has 5 heteroatoms. The fourth-order valence-electron chi connectivity index (χ4n) is 3.19. The van der Waals surface area contributed by atoms with Crippen molar-refractivity contribution >= 4 is 34.5 Å². The first kappa shape index (κ1) is 14.2. The highest BCUT2D eigenvalue weighted by Gasteiger charge is 2.40. The van der Waals surface area contributed by atoms with Crippen molar-refractivity contribution in [2.45, 2.75) is 38.0 Å². The van der Waals surface area contributed by atoms with E-state index in [9.17, 15) is 4.79 Å². The Balaban J connectivity index is 1.71. The van der Waals surface area contributed by atoms with Crippen LogP contribution < -0.4 is 4.90 Å². The van der Waals surface area contributed by atoms with Gasteiger partial charge in [0.2, 0.25) is 0 Å². The molecule has 2 aliphatic rings. The van der Waals surface area contributed by atoms with Crippen molar-refractivity contribution in [2.75, 3.05) is 11.4 Å². The van der Waals surface area contributed by atoms with Crippen molar-refractivity contribution in [3.8, 4) is 0 Å². The lowest BCUT2D eigenvalue weighted by Gasteiger charge is -2.20. The summed E-state index contributed by atoms with van der Waals surface area (Å²) in [6.45, 7) is 4.92. The molecule has 1 aliphatic carbocycles. The Morgan fingerprint density at radius 3 is 2.91 bits per heavy atom. The molecule has 2 aromatic rings. The molecule has 2 heterocycles. The third-order valence-electron chi connectivity index (χ3n) is 4.42. The van der Waals surface area contributed by atoms with Crippen molar-refractivity contribution in [3.05, 3.63) is 44.9 Å². The van der Waals surface area contributed by atoms with Gasteiger partial charge in [0.1, 0.15) is 4.88 Å². The number of halogens is 1. The van der Waals surface area contributed by atoms with E-state index < -0.39 is 0 Å². The third kappa shape index (κ3) is 2.17. The van der Waals surface area contributed by atoms with Gasteiger partial charge in [-0.2, -0.15) is 0 Å². The van der Waals surface area contributed by atoms with Crippen LogP contribution in [-0.2, 0) is 5.41 Å². The van der Waals surface area contributed by atoms with Crippen molar-refractivity contribution in [3.63, 3.8) is 0 Å². The first-order chi connectivity index (χ1) is 10.5. The number of amides is 1. The van der Waals surface area contributed by atoms with E-state index in [1.165, 1.54) is 12.8 Å². The number of carbonyl (C=O) groups is 1. The molecule has 3 nitrogen and oxygen atoms in total. The monoisotopic (exact) mass is 332 g/mol. The van der Waals surface area contributed by atoms with Gasteiger partial charge in [0.25, 0.3) is 5.91 Å². The fraction of sp³-hybridized carbons (Fsp3) is 0.412. The van der Waals surface area contributed by atoms with E-state index >= 15 is 0 Å². The molecule has 1 fully saturated rings. The van der Waals surface area contributed by atoms with Crippen molar-refractivity contribution < 1.29 is 4.79 Å². The SMILES string of the molecule is CC1(C)CN(C(=O)c2cnc(C3CC3)s2)c2cccc(Cl)c21. The number of anilines is 1. The summed E-state index contributed by atoms with van der Waals surface area (Å²) in [6, 6.07) is 5.79. The number of nitrogens with zero attached hydrogens (tertiary/aromatic N) is 2. The van der Waals surface area contributed by atoms with Crippen molar-refractivity contribution in [2.24, 2.45) is 0 Å². The molecule has 0 bridgehead atoms. The predicted octanol–water partition coefficient (Wildman–Crippen LogP) is 4.61. The molecule has 1 aromatic heterocycles. The summed E-state index contributed by atoms with van der Waals surface area (Å²) in [4.78, 5) is 19.9. The van der Waals surface area contributed by atoms with Crippen LogP contribution in [0.4, 0.5) is 5.69 Å². The Hall–Kier alpha value is -1.39. The zero-order valence-electron chi connectivity index (χ0n) is 12.6. The minimum atomic E-state index is -0.132. The fourth-order valence-corrected chi connectivity index (χ4v) is 4.65. The second-order valence-electron chi connectivity index (χ2n) is 6.75. The van der Waals surface area contributed by atoms with E-state index in [0.29, 0.717) is 12.5 Å². The van der Waals surface area contributed by atoms with E-state index in [4.69, 9.17) is 11.6 Å². The van der Waals surface area contributed by atoms with Crippen LogP contribution in [0.2, 0.25) is 5.02 Å². The van der Waals surface area contributed by atoms with Crippen LogP contribution in [-0.4, -0.2) is 17.4 Å². The van der Waals surface area contributed by atoms with Gasteiger partial charge in [-0.15, -0.1) is 11.3 Å². The first-order valence-corrected chi connectivity index (χ1v) is 8.73.